The summed E-state index contributed by atoms with van der Waals surface area (Å²) in [5.41, 5.74) is 0. The largest absolute Gasteiger partial charge is 0.481 e. The van der Waals surface area contributed by atoms with E-state index in [2.05, 4.69) is 10.6 Å². The summed E-state index contributed by atoms with van der Waals surface area (Å²) in [5.74, 6) is -1.27. The van der Waals surface area contributed by atoms with E-state index in [9.17, 15) is 14.0 Å². The Morgan fingerprint density at radius 3 is 2.70 bits per heavy atom. The number of nitrogens with one attached hydrogen (secondary N) is 2. The average molecular weight is 282 g/mol. The highest BCUT2D eigenvalue weighted by molar-refractivity contribution is 5.87. The van der Waals surface area contributed by atoms with Crippen molar-refractivity contribution >= 4 is 11.8 Å². The molecule has 1 rings (SSSR count). The normalized spacial score (nSPS) is 11.6. The van der Waals surface area contributed by atoms with Crippen molar-refractivity contribution in [3.63, 3.8) is 0 Å². The van der Waals surface area contributed by atoms with Gasteiger partial charge in [-0.1, -0.05) is 19.1 Å². The molecule has 0 saturated carbocycles. The summed E-state index contributed by atoms with van der Waals surface area (Å²) in [7, 11) is 0. The van der Waals surface area contributed by atoms with Crippen LogP contribution in [0.4, 0.5) is 4.39 Å². The fourth-order valence-corrected chi connectivity index (χ4v) is 1.46. The summed E-state index contributed by atoms with van der Waals surface area (Å²) < 4.78 is 18.3. The van der Waals surface area contributed by atoms with Gasteiger partial charge in [0.15, 0.2) is 18.2 Å². The molecule has 0 saturated heterocycles. The highest BCUT2D eigenvalue weighted by Gasteiger charge is 2.15. The molecule has 6 heteroatoms. The van der Waals surface area contributed by atoms with E-state index < -0.39 is 17.8 Å². The average Bonchev–Trinajstić information content (AvgIpc) is 2.43. The zero-order valence-corrected chi connectivity index (χ0v) is 11.6. The third-order valence-corrected chi connectivity index (χ3v) is 2.52. The van der Waals surface area contributed by atoms with Gasteiger partial charge in [-0.3, -0.25) is 9.59 Å². The van der Waals surface area contributed by atoms with Gasteiger partial charge in [-0.2, -0.15) is 0 Å². The van der Waals surface area contributed by atoms with E-state index in [1.807, 2.05) is 6.92 Å². The lowest BCUT2D eigenvalue weighted by molar-refractivity contribution is -0.129. The molecule has 0 aliphatic rings. The molecule has 2 N–H and O–H groups in total. The van der Waals surface area contributed by atoms with Crippen molar-refractivity contribution in [2.24, 2.45) is 0 Å². The molecule has 0 unspecified atom stereocenters. The number of hydrogen-bond acceptors (Lipinski definition) is 3. The number of amides is 2. The van der Waals surface area contributed by atoms with Crippen LogP contribution in [0.1, 0.15) is 20.3 Å². The molecule has 20 heavy (non-hydrogen) atoms. The lowest BCUT2D eigenvalue weighted by Gasteiger charge is -2.14. The predicted molar refractivity (Wildman–Crippen MR) is 72.8 cm³/mol. The molecule has 5 nitrogen and oxygen atoms in total. The third-order valence-electron chi connectivity index (χ3n) is 2.52. The summed E-state index contributed by atoms with van der Waals surface area (Å²) in [6, 6.07) is 5.16. The van der Waals surface area contributed by atoms with Crippen LogP contribution in [0.5, 0.6) is 5.75 Å². The van der Waals surface area contributed by atoms with Crippen LogP contribution >= 0.6 is 0 Å². The molecule has 0 aliphatic carbocycles. The van der Waals surface area contributed by atoms with Crippen molar-refractivity contribution in [2.45, 2.75) is 26.3 Å². The number of halogens is 1. The van der Waals surface area contributed by atoms with Gasteiger partial charge in [0.25, 0.3) is 5.91 Å². The number of carbonyl (C=O) groups excluding carboxylic acids is 2. The number of rotatable bonds is 7. The first-order valence-corrected chi connectivity index (χ1v) is 6.49. The van der Waals surface area contributed by atoms with Gasteiger partial charge in [-0.25, -0.2) is 4.39 Å². The molecule has 0 bridgehead atoms. The van der Waals surface area contributed by atoms with Gasteiger partial charge in [0.2, 0.25) is 5.91 Å². The first-order chi connectivity index (χ1) is 9.54. The molecular formula is C14H19FN2O3. The molecule has 1 aromatic rings. The summed E-state index contributed by atoms with van der Waals surface area (Å²) in [6.07, 6.45) is 0.822. The fraction of sp³-hybridized carbons (Fsp3) is 0.429. The first kappa shape index (κ1) is 15.9. The van der Waals surface area contributed by atoms with Gasteiger partial charge in [0, 0.05) is 6.54 Å². The van der Waals surface area contributed by atoms with Crippen LogP contribution in [0.2, 0.25) is 0 Å². The van der Waals surface area contributed by atoms with Crippen LogP contribution < -0.4 is 15.4 Å². The van der Waals surface area contributed by atoms with E-state index in [0.29, 0.717) is 6.54 Å². The number of benzene rings is 1. The Bertz CT molecular complexity index is 465. The minimum Gasteiger partial charge on any atom is -0.481 e. The SMILES string of the molecule is CCCNC(=O)[C@H](C)NC(=O)COc1ccccc1F. The molecule has 0 aromatic heterocycles. The van der Waals surface area contributed by atoms with Crippen LogP contribution in [0.25, 0.3) is 0 Å². The summed E-state index contributed by atoms with van der Waals surface area (Å²) in [5, 5.41) is 5.15. The van der Waals surface area contributed by atoms with Gasteiger partial charge >= 0.3 is 0 Å². The van der Waals surface area contributed by atoms with Crippen LogP contribution in [0, 0.1) is 5.82 Å². The smallest absolute Gasteiger partial charge is 0.258 e. The molecule has 0 aliphatic heterocycles. The first-order valence-electron chi connectivity index (χ1n) is 6.49. The second-order valence-electron chi connectivity index (χ2n) is 4.30. The number of para-hydroxylation sites is 1. The second kappa shape index (κ2) is 8.14. The topological polar surface area (TPSA) is 67.4 Å². The van der Waals surface area contributed by atoms with Crippen molar-refractivity contribution in [3.05, 3.63) is 30.1 Å². The second-order valence-corrected chi connectivity index (χ2v) is 4.30. The lowest BCUT2D eigenvalue weighted by atomic mass is 10.3. The number of hydrogen-bond donors (Lipinski definition) is 2. The van der Waals surface area contributed by atoms with E-state index in [4.69, 9.17) is 4.74 Å². The maximum Gasteiger partial charge on any atom is 0.258 e. The molecule has 0 spiro atoms. The molecule has 110 valence electrons. The summed E-state index contributed by atoms with van der Waals surface area (Å²) in [6.45, 7) is 3.73. The van der Waals surface area contributed by atoms with Crippen molar-refractivity contribution in [2.75, 3.05) is 13.2 Å². The van der Waals surface area contributed by atoms with Crippen molar-refractivity contribution in [1.29, 1.82) is 0 Å². The molecule has 1 aromatic carbocycles. The highest BCUT2D eigenvalue weighted by atomic mass is 19.1. The summed E-state index contributed by atoms with van der Waals surface area (Å²) >= 11 is 0. The van der Waals surface area contributed by atoms with Gasteiger partial charge < -0.3 is 15.4 Å². The number of ether oxygens (including phenoxy) is 1. The minimum atomic E-state index is -0.654. The molecule has 0 fully saturated rings. The molecule has 1 atom stereocenters. The Balaban J connectivity index is 2.37. The van der Waals surface area contributed by atoms with Gasteiger partial charge in [0.1, 0.15) is 6.04 Å². The maximum atomic E-state index is 13.2. The van der Waals surface area contributed by atoms with Gasteiger partial charge in [-0.05, 0) is 25.5 Å². The van der Waals surface area contributed by atoms with E-state index >= 15 is 0 Å². The van der Waals surface area contributed by atoms with Crippen LogP contribution in [0.3, 0.4) is 0 Å². The minimum absolute atomic E-state index is 0.00531. The van der Waals surface area contributed by atoms with E-state index in [0.717, 1.165) is 6.42 Å². The van der Waals surface area contributed by atoms with Crippen molar-refractivity contribution < 1.29 is 18.7 Å². The van der Waals surface area contributed by atoms with Crippen LogP contribution in [0.15, 0.2) is 24.3 Å². The monoisotopic (exact) mass is 282 g/mol. The maximum absolute atomic E-state index is 13.2. The molecule has 0 radical (unpaired) electrons. The summed E-state index contributed by atoms with van der Waals surface area (Å²) in [4.78, 5) is 23.1. The van der Waals surface area contributed by atoms with Gasteiger partial charge in [-0.15, -0.1) is 0 Å². The zero-order valence-electron chi connectivity index (χ0n) is 11.6. The van der Waals surface area contributed by atoms with E-state index in [1.165, 1.54) is 18.2 Å². The highest BCUT2D eigenvalue weighted by Crippen LogP contribution is 2.14. The van der Waals surface area contributed by atoms with E-state index in [-0.39, 0.29) is 18.3 Å². The van der Waals surface area contributed by atoms with Crippen molar-refractivity contribution in [1.82, 2.24) is 10.6 Å². The molecular weight excluding hydrogens is 263 g/mol. The van der Waals surface area contributed by atoms with Gasteiger partial charge in [0.05, 0.1) is 0 Å². The van der Waals surface area contributed by atoms with E-state index in [1.54, 1.807) is 13.0 Å². The standard InChI is InChI=1S/C14H19FN2O3/c1-3-8-16-14(19)10(2)17-13(18)9-20-12-7-5-4-6-11(12)15/h4-7,10H,3,8-9H2,1-2H3,(H,16,19)(H,17,18)/t10-/m0/s1. The Labute approximate surface area is 117 Å². The molecule has 2 amide bonds. The fourth-order valence-electron chi connectivity index (χ4n) is 1.46. The van der Waals surface area contributed by atoms with Crippen LogP contribution in [-0.4, -0.2) is 31.0 Å². The predicted octanol–water partition coefficient (Wildman–Crippen LogP) is 1.24. The lowest BCUT2D eigenvalue weighted by Crippen LogP contribution is -2.46. The third kappa shape index (κ3) is 5.26. The Morgan fingerprint density at radius 1 is 1.35 bits per heavy atom. The zero-order chi connectivity index (χ0) is 15.0. The Hall–Kier alpha value is -2.11. The Kier molecular flexibility index (Phi) is 6.49. The van der Waals surface area contributed by atoms with Crippen molar-refractivity contribution in [3.8, 4) is 5.75 Å². The quantitative estimate of drug-likeness (QED) is 0.790. The molecule has 0 heterocycles. The number of carbonyl (C=O) groups is 2. The Morgan fingerprint density at radius 2 is 2.05 bits per heavy atom. The van der Waals surface area contributed by atoms with Crippen LogP contribution in [-0.2, 0) is 9.59 Å².